The quantitative estimate of drug-likeness (QED) is 0.634. The van der Waals surface area contributed by atoms with E-state index in [-0.39, 0.29) is 29.5 Å². The summed E-state index contributed by atoms with van der Waals surface area (Å²) in [5.41, 5.74) is 1.97. The van der Waals surface area contributed by atoms with E-state index in [4.69, 9.17) is 0 Å². The highest BCUT2D eigenvalue weighted by atomic mass is 32.2. The number of nitrogens with zero attached hydrogens (tertiary/aromatic N) is 3. The number of likely N-dealkylation sites (N-methyl/N-ethyl adjacent to an activating group) is 1. The minimum atomic E-state index is -3.75. The molecule has 3 heterocycles. The van der Waals surface area contributed by atoms with Gasteiger partial charge in [0.1, 0.15) is 0 Å². The van der Waals surface area contributed by atoms with E-state index in [1.54, 1.807) is 29.2 Å². The summed E-state index contributed by atoms with van der Waals surface area (Å²) in [5.74, 6) is -0.0747. The molecule has 8 nitrogen and oxygen atoms in total. The van der Waals surface area contributed by atoms with Crippen molar-refractivity contribution in [1.82, 2.24) is 19.1 Å². The molecule has 0 aliphatic carbocycles. The van der Waals surface area contributed by atoms with E-state index in [2.05, 4.69) is 9.88 Å². The van der Waals surface area contributed by atoms with Crippen molar-refractivity contribution in [3.8, 4) is 0 Å². The Labute approximate surface area is 192 Å². The molecule has 0 spiro atoms. The molecule has 9 heteroatoms. The van der Waals surface area contributed by atoms with Crippen LogP contribution in [0, 0.1) is 0 Å². The Kier molecular flexibility index (Phi) is 5.55. The zero-order valence-corrected chi connectivity index (χ0v) is 19.3. The number of H-pyrrole nitrogens is 1. The van der Waals surface area contributed by atoms with E-state index in [0.29, 0.717) is 30.5 Å². The third-order valence-corrected chi connectivity index (χ3v) is 8.46. The molecule has 0 unspecified atom stereocenters. The highest BCUT2D eigenvalue weighted by Gasteiger charge is 2.30. The molecule has 1 N–H and O–H groups in total. The average Bonchev–Trinajstić information content (AvgIpc) is 2.84. The summed E-state index contributed by atoms with van der Waals surface area (Å²) in [7, 11) is -1.72. The first kappa shape index (κ1) is 21.8. The van der Waals surface area contributed by atoms with Crippen LogP contribution in [0.5, 0.6) is 0 Å². The van der Waals surface area contributed by atoms with Crippen molar-refractivity contribution in [2.75, 3.05) is 39.8 Å². The summed E-state index contributed by atoms with van der Waals surface area (Å²) in [5, 5.41) is 1.34. The van der Waals surface area contributed by atoms with E-state index >= 15 is 0 Å². The second-order valence-corrected chi connectivity index (χ2v) is 10.6. The fraction of sp³-hybridized carbons (Fsp3) is 0.333. The molecule has 2 aliphatic rings. The van der Waals surface area contributed by atoms with E-state index in [9.17, 15) is 18.0 Å². The van der Waals surface area contributed by atoms with Gasteiger partial charge in [0.05, 0.1) is 4.90 Å². The van der Waals surface area contributed by atoms with Gasteiger partial charge in [0.25, 0.3) is 11.5 Å². The Morgan fingerprint density at radius 2 is 1.58 bits per heavy atom. The number of pyridine rings is 1. The number of amides is 1. The second kappa shape index (κ2) is 8.40. The van der Waals surface area contributed by atoms with Crippen molar-refractivity contribution in [3.05, 3.63) is 75.7 Å². The van der Waals surface area contributed by atoms with Crippen LogP contribution in [-0.2, 0) is 23.0 Å². The standard InChI is InChI=1S/C24H26N4O4S/c1-26-12-14-27(15-13-26)24(30)17-6-8-18(9-7-17)33(31,32)28-11-10-22-21(16-28)19-4-2-3-5-20(19)23(29)25-22/h2-9H,10-16H2,1H3,(H,25,29). The number of aromatic nitrogens is 1. The smallest absolute Gasteiger partial charge is 0.256 e. The van der Waals surface area contributed by atoms with Crippen molar-refractivity contribution >= 4 is 26.7 Å². The number of hydrogen-bond donors (Lipinski definition) is 1. The fourth-order valence-corrected chi connectivity index (χ4v) is 6.00. The molecule has 0 atom stereocenters. The number of carbonyl (C=O) groups excluding carboxylic acids is 1. The zero-order valence-electron chi connectivity index (χ0n) is 18.5. The van der Waals surface area contributed by atoms with Crippen molar-refractivity contribution in [3.63, 3.8) is 0 Å². The topological polar surface area (TPSA) is 93.8 Å². The molecule has 3 aromatic rings. The Morgan fingerprint density at radius 3 is 2.27 bits per heavy atom. The fourth-order valence-electron chi connectivity index (χ4n) is 4.59. The summed E-state index contributed by atoms with van der Waals surface area (Å²) < 4.78 is 28.2. The minimum Gasteiger partial charge on any atom is -0.336 e. The van der Waals surface area contributed by atoms with E-state index in [1.807, 2.05) is 19.2 Å². The predicted octanol–water partition coefficient (Wildman–Crippen LogP) is 1.66. The molecular formula is C24H26N4O4S. The maximum atomic E-state index is 13.4. The number of fused-ring (bicyclic) bond motifs is 3. The third kappa shape index (κ3) is 3.96. The maximum absolute atomic E-state index is 13.4. The molecule has 33 heavy (non-hydrogen) atoms. The minimum absolute atomic E-state index is 0.0747. The van der Waals surface area contributed by atoms with Crippen molar-refractivity contribution in [2.24, 2.45) is 0 Å². The van der Waals surface area contributed by atoms with Gasteiger partial charge in [-0.25, -0.2) is 8.42 Å². The van der Waals surface area contributed by atoms with Crippen molar-refractivity contribution in [2.45, 2.75) is 17.9 Å². The SMILES string of the molecule is CN1CCN(C(=O)c2ccc(S(=O)(=O)N3CCc4[nH]c(=O)c5ccccc5c4C3)cc2)CC1. The second-order valence-electron chi connectivity index (χ2n) is 8.67. The van der Waals surface area contributed by atoms with Gasteiger partial charge < -0.3 is 14.8 Å². The summed E-state index contributed by atoms with van der Waals surface area (Å²) in [4.78, 5) is 32.2. The molecule has 2 aliphatic heterocycles. The number of benzene rings is 2. The molecule has 5 rings (SSSR count). The lowest BCUT2D eigenvalue weighted by Crippen LogP contribution is -2.47. The predicted molar refractivity (Wildman–Crippen MR) is 126 cm³/mol. The van der Waals surface area contributed by atoms with Crippen LogP contribution < -0.4 is 5.56 Å². The van der Waals surface area contributed by atoms with E-state index in [1.165, 1.54) is 16.4 Å². The van der Waals surface area contributed by atoms with Crippen molar-refractivity contribution in [1.29, 1.82) is 0 Å². The summed E-state index contributed by atoms with van der Waals surface area (Å²) in [6.45, 7) is 3.46. The summed E-state index contributed by atoms with van der Waals surface area (Å²) >= 11 is 0. The van der Waals surface area contributed by atoms with Crippen LogP contribution in [0.2, 0.25) is 0 Å². The molecular weight excluding hydrogens is 440 g/mol. The van der Waals surface area contributed by atoms with Crippen LogP contribution in [-0.4, -0.2) is 73.2 Å². The first-order valence-corrected chi connectivity index (χ1v) is 12.5. The number of hydrogen-bond acceptors (Lipinski definition) is 5. The molecule has 0 bridgehead atoms. The monoisotopic (exact) mass is 466 g/mol. The zero-order chi connectivity index (χ0) is 23.2. The number of piperazine rings is 1. The van der Waals surface area contributed by atoms with Crippen LogP contribution in [0.1, 0.15) is 21.6 Å². The van der Waals surface area contributed by atoms with Gasteiger partial charge in [-0.1, -0.05) is 18.2 Å². The largest absolute Gasteiger partial charge is 0.336 e. The third-order valence-electron chi connectivity index (χ3n) is 6.60. The number of rotatable bonds is 3. The lowest BCUT2D eigenvalue weighted by Gasteiger charge is -2.32. The van der Waals surface area contributed by atoms with E-state index < -0.39 is 10.0 Å². The molecule has 0 saturated carbocycles. The van der Waals surface area contributed by atoms with Gasteiger partial charge in [-0.15, -0.1) is 0 Å². The molecule has 0 radical (unpaired) electrons. The van der Waals surface area contributed by atoms with E-state index in [0.717, 1.165) is 29.7 Å². The van der Waals surface area contributed by atoms with Crippen LogP contribution >= 0.6 is 0 Å². The van der Waals surface area contributed by atoms with Gasteiger partial charge in [-0.05, 0) is 48.3 Å². The molecule has 1 aromatic heterocycles. The summed E-state index contributed by atoms with van der Waals surface area (Å²) in [6, 6.07) is 13.5. The lowest BCUT2D eigenvalue weighted by molar-refractivity contribution is 0.0664. The van der Waals surface area contributed by atoms with Gasteiger partial charge in [0, 0.05) is 62.3 Å². The van der Waals surface area contributed by atoms with Crippen LogP contribution in [0.25, 0.3) is 10.8 Å². The molecule has 1 amide bonds. The van der Waals surface area contributed by atoms with Crippen LogP contribution in [0.3, 0.4) is 0 Å². The molecule has 1 fully saturated rings. The molecule has 1 saturated heterocycles. The van der Waals surface area contributed by atoms with Gasteiger partial charge in [0.15, 0.2) is 0 Å². The van der Waals surface area contributed by atoms with Crippen molar-refractivity contribution < 1.29 is 13.2 Å². The van der Waals surface area contributed by atoms with Gasteiger partial charge in [-0.3, -0.25) is 9.59 Å². The number of carbonyl (C=O) groups is 1. The Morgan fingerprint density at radius 1 is 0.909 bits per heavy atom. The molecule has 172 valence electrons. The Balaban J connectivity index is 1.39. The average molecular weight is 467 g/mol. The maximum Gasteiger partial charge on any atom is 0.256 e. The van der Waals surface area contributed by atoms with Gasteiger partial charge >= 0.3 is 0 Å². The number of nitrogens with one attached hydrogen (secondary N) is 1. The van der Waals surface area contributed by atoms with Crippen LogP contribution in [0.15, 0.2) is 58.2 Å². The van der Waals surface area contributed by atoms with Crippen LogP contribution in [0.4, 0.5) is 0 Å². The molecule has 2 aromatic carbocycles. The number of sulfonamides is 1. The first-order valence-electron chi connectivity index (χ1n) is 11.1. The Hall–Kier alpha value is -3.01. The lowest BCUT2D eigenvalue weighted by atomic mass is 10.0. The van der Waals surface area contributed by atoms with Gasteiger partial charge in [-0.2, -0.15) is 4.31 Å². The first-order chi connectivity index (χ1) is 15.8. The number of aromatic amines is 1. The summed E-state index contributed by atoms with van der Waals surface area (Å²) in [6.07, 6.45) is 0.439. The highest BCUT2D eigenvalue weighted by Crippen LogP contribution is 2.28. The normalized spacial score (nSPS) is 17.8. The van der Waals surface area contributed by atoms with Gasteiger partial charge in [0.2, 0.25) is 10.0 Å². The Bertz CT molecular complexity index is 1370. The highest BCUT2D eigenvalue weighted by molar-refractivity contribution is 7.89.